The highest BCUT2D eigenvalue weighted by atomic mass is 32.1. The van der Waals surface area contributed by atoms with Gasteiger partial charge in [0.2, 0.25) is 0 Å². The van der Waals surface area contributed by atoms with Gasteiger partial charge in [-0.15, -0.1) is 0 Å². The van der Waals surface area contributed by atoms with Gasteiger partial charge in [0.05, 0.1) is 11.6 Å². The Morgan fingerprint density at radius 3 is 2.50 bits per heavy atom. The van der Waals surface area contributed by atoms with Gasteiger partial charge in [-0.1, -0.05) is 39.1 Å². The van der Waals surface area contributed by atoms with Crippen LogP contribution >= 0.6 is 12.2 Å². The van der Waals surface area contributed by atoms with E-state index in [4.69, 9.17) is 22.7 Å². The molecule has 2 N–H and O–H groups in total. The molecule has 0 amide bonds. The van der Waals surface area contributed by atoms with Crippen LogP contribution in [0.2, 0.25) is 0 Å². The Hall–Kier alpha value is -1.09. The van der Waals surface area contributed by atoms with E-state index in [-0.39, 0.29) is 5.92 Å². The summed E-state index contributed by atoms with van der Waals surface area (Å²) in [5.41, 5.74) is 8.39. The molecule has 2 atom stereocenters. The van der Waals surface area contributed by atoms with E-state index in [0.717, 1.165) is 12.2 Å². The molecular weight excluding hydrogens is 242 g/mol. The third kappa shape index (κ3) is 3.45. The third-order valence-electron chi connectivity index (χ3n) is 3.50. The largest absolute Gasteiger partial charge is 0.494 e. The molecular formula is C15H23NOS. The van der Waals surface area contributed by atoms with Crippen LogP contribution in [0.15, 0.2) is 18.2 Å². The highest BCUT2D eigenvalue weighted by Crippen LogP contribution is 2.30. The summed E-state index contributed by atoms with van der Waals surface area (Å²) >= 11 is 5.09. The number of nitrogens with two attached hydrogens (primary N) is 1. The van der Waals surface area contributed by atoms with Crippen molar-refractivity contribution in [2.45, 2.75) is 40.0 Å². The summed E-state index contributed by atoms with van der Waals surface area (Å²) in [4.78, 5) is 0.582. The summed E-state index contributed by atoms with van der Waals surface area (Å²) in [6, 6.07) is 6.30. The molecule has 2 nitrogen and oxygen atoms in total. The van der Waals surface area contributed by atoms with Gasteiger partial charge in [-0.25, -0.2) is 0 Å². The normalized spacial score (nSPS) is 14.0. The maximum Gasteiger partial charge on any atom is 0.119 e. The van der Waals surface area contributed by atoms with Crippen LogP contribution in [0.4, 0.5) is 0 Å². The van der Waals surface area contributed by atoms with Gasteiger partial charge in [0.15, 0.2) is 0 Å². The first-order chi connectivity index (χ1) is 8.51. The Bertz CT molecular complexity index is 417. The lowest BCUT2D eigenvalue weighted by molar-refractivity contribution is 0.339. The fourth-order valence-corrected chi connectivity index (χ4v) is 2.31. The first kappa shape index (κ1) is 15.0. The fourth-order valence-electron chi connectivity index (χ4n) is 2.10. The lowest BCUT2D eigenvalue weighted by Crippen LogP contribution is -2.23. The zero-order valence-corrected chi connectivity index (χ0v) is 12.5. The number of hydrogen-bond donors (Lipinski definition) is 1. The van der Waals surface area contributed by atoms with Crippen LogP contribution < -0.4 is 10.5 Å². The van der Waals surface area contributed by atoms with Crippen molar-refractivity contribution in [2.24, 2.45) is 11.7 Å². The molecule has 0 saturated heterocycles. The topological polar surface area (TPSA) is 35.2 Å². The van der Waals surface area contributed by atoms with Crippen molar-refractivity contribution in [3.8, 4) is 5.75 Å². The lowest BCUT2D eigenvalue weighted by atomic mass is 9.85. The van der Waals surface area contributed by atoms with Crippen molar-refractivity contribution in [1.82, 2.24) is 0 Å². The van der Waals surface area contributed by atoms with Gasteiger partial charge in [0, 0.05) is 5.92 Å². The first-order valence-corrected chi connectivity index (χ1v) is 6.97. The average Bonchev–Trinajstić information content (AvgIpc) is 2.37. The lowest BCUT2D eigenvalue weighted by Gasteiger charge is -2.22. The number of hydrogen-bond acceptors (Lipinski definition) is 2. The highest BCUT2D eigenvalue weighted by molar-refractivity contribution is 7.80. The first-order valence-electron chi connectivity index (χ1n) is 6.56. The molecule has 0 spiro atoms. The Morgan fingerprint density at radius 2 is 2.00 bits per heavy atom. The second-order valence-corrected chi connectivity index (χ2v) is 5.10. The molecule has 0 bridgehead atoms. The van der Waals surface area contributed by atoms with E-state index in [1.807, 2.05) is 13.0 Å². The van der Waals surface area contributed by atoms with Gasteiger partial charge in [0.1, 0.15) is 5.75 Å². The van der Waals surface area contributed by atoms with Crippen LogP contribution in [0, 0.1) is 5.92 Å². The van der Waals surface area contributed by atoms with Gasteiger partial charge >= 0.3 is 0 Å². The van der Waals surface area contributed by atoms with E-state index < -0.39 is 0 Å². The summed E-state index contributed by atoms with van der Waals surface area (Å²) in [7, 11) is 0. The predicted octanol–water partition coefficient (Wildman–Crippen LogP) is 3.67. The Balaban J connectivity index is 3.04. The molecule has 0 aliphatic heterocycles. The van der Waals surface area contributed by atoms with Gasteiger partial charge in [-0.05, 0) is 42.5 Å². The van der Waals surface area contributed by atoms with E-state index in [1.165, 1.54) is 11.1 Å². The van der Waals surface area contributed by atoms with E-state index in [1.54, 1.807) is 0 Å². The number of thiocarbonyl (C=S) groups is 1. The molecule has 1 rings (SSSR count). The Labute approximate surface area is 116 Å². The predicted molar refractivity (Wildman–Crippen MR) is 81.4 cm³/mol. The summed E-state index contributed by atoms with van der Waals surface area (Å²) in [5, 5.41) is 0. The van der Waals surface area contributed by atoms with E-state index in [0.29, 0.717) is 17.5 Å². The zero-order valence-electron chi connectivity index (χ0n) is 11.7. The number of ether oxygens (including phenoxy) is 1. The number of rotatable bonds is 6. The number of benzene rings is 1. The molecule has 0 aliphatic carbocycles. The van der Waals surface area contributed by atoms with Crippen molar-refractivity contribution in [1.29, 1.82) is 0 Å². The third-order valence-corrected chi connectivity index (χ3v) is 3.87. The molecule has 0 radical (unpaired) electrons. The summed E-state index contributed by atoms with van der Waals surface area (Å²) in [6.07, 6.45) is 0.991. The average molecular weight is 265 g/mol. The van der Waals surface area contributed by atoms with Crippen LogP contribution in [0.25, 0.3) is 0 Å². The monoisotopic (exact) mass is 265 g/mol. The van der Waals surface area contributed by atoms with Crippen LogP contribution in [0.1, 0.15) is 44.7 Å². The Morgan fingerprint density at radius 1 is 1.33 bits per heavy atom. The second kappa shape index (κ2) is 6.74. The van der Waals surface area contributed by atoms with Gasteiger partial charge in [-0.3, -0.25) is 0 Å². The van der Waals surface area contributed by atoms with Crippen molar-refractivity contribution in [3.63, 3.8) is 0 Å². The van der Waals surface area contributed by atoms with Crippen LogP contribution in [-0.4, -0.2) is 11.6 Å². The molecule has 2 unspecified atom stereocenters. The summed E-state index contributed by atoms with van der Waals surface area (Å²) in [6.45, 7) is 9.12. The van der Waals surface area contributed by atoms with Crippen LogP contribution in [0.3, 0.4) is 0 Å². The standard InChI is InChI=1S/C15H23NOS/c1-5-12-9-13(17-6-2)7-8-14(12)10(3)11(4)15(16)18/h7-11H,5-6H2,1-4H3,(H2,16,18). The molecule has 0 aliphatic rings. The van der Waals surface area contributed by atoms with E-state index in [9.17, 15) is 0 Å². The molecule has 100 valence electrons. The molecule has 1 aromatic rings. The van der Waals surface area contributed by atoms with Crippen molar-refractivity contribution in [2.75, 3.05) is 6.61 Å². The maximum atomic E-state index is 5.75. The second-order valence-electron chi connectivity index (χ2n) is 4.63. The van der Waals surface area contributed by atoms with Crippen LogP contribution in [-0.2, 0) is 6.42 Å². The maximum absolute atomic E-state index is 5.75. The fraction of sp³-hybridized carbons (Fsp3) is 0.533. The van der Waals surface area contributed by atoms with Crippen molar-refractivity contribution >= 4 is 17.2 Å². The molecule has 0 heterocycles. The SMILES string of the molecule is CCOc1ccc(C(C)C(C)C(N)=S)c(CC)c1. The highest BCUT2D eigenvalue weighted by Gasteiger charge is 2.19. The molecule has 0 fully saturated rings. The smallest absolute Gasteiger partial charge is 0.119 e. The number of aryl methyl sites for hydroxylation is 1. The van der Waals surface area contributed by atoms with E-state index >= 15 is 0 Å². The molecule has 18 heavy (non-hydrogen) atoms. The van der Waals surface area contributed by atoms with Crippen molar-refractivity contribution < 1.29 is 4.74 Å². The summed E-state index contributed by atoms with van der Waals surface area (Å²) < 4.78 is 5.54. The molecule has 1 aromatic carbocycles. The molecule has 0 aromatic heterocycles. The molecule has 3 heteroatoms. The minimum atomic E-state index is 0.211. The van der Waals surface area contributed by atoms with Crippen LogP contribution in [0.5, 0.6) is 5.75 Å². The van der Waals surface area contributed by atoms with Gasteiger partial charge < -0.3 is 10.5 Å². The Kier molecular flexibility index (Phi) is 5.60. The van der Waals surface area contributed by atoms with Gasteiger partial charge in [-0.2, -0.15) is 0 Å². The van der Waals surface area contributed by atoms with Crippen molar-refractivity contribution in [3.05, 3.63) is 29.3 Å². The summed E-state index contributed by atoms with van der Waals surface area (Å²) in [5.74, 6) is 1.49. The minimum Gasteiger partial charge on any atom is -0.494 e. The quantitative estimate of drug-likeness (QED) is 0.797. The van der Waals surface area contributed by atoms with E-state index in [2.05, 4.69) is 32.9 Å². The van der Waals surface area contributed by atoms with Gasteiger partial charge in [0.25, 0.3) is 0 Å². The minimum absolute atomic E-state index is 0.211. The molecule has 0 saturated carbocycles. The zero-order chi connectivity index (χ0) is 13.7.